The minimum absolute atomic E-state index is 0.143. The van der Waals surface area contributed by atoms with Crippen LogP contribution in [0.5, 0.6) is 0 Å². The van der Waals surface area contributed by atoms with Gasteiger partial charge < -0.3 is 5.32 Å². The summed E-state index contributed by atoms with van der Waals surface area (Å²) >= 11 is 6.18. The van der Waals surface area contributed by atoms with Crippen molar-refractivity contribution in [3.63, 3.8) is 0 Å². The van der Waals surface area contributed by atoms with E-state index in [0.29, 0.717) is 45.5 Å². The van der Waals surface area contributed by atoms with E-state index in [9.17, 15) is 8.78 Å². The fraction of sp³-hybridized carbons (Fsp3) is 0.360. The molecule has 0 radical (unpaired) electrons. The Morgan fingerprint density at radius 3 is 2.44 bits per heavy atom. The molecular formula is C25H25ClF2N4. The molecule has 1 saturated heterocycles. The predicted molar refractivity (Wildman–Crippen MR) is 122 cm³/mol. The molecule has 2 unspecified atom stereocenters. The molecule has 2 aliphatic rings. The first-order chi connectivity index (χ1) is 15.4. The molecule has 2 atom stereocenters. The Bertz CT molecular complexity index is 1110. The Morgan fingerprint density at radius 2 is 1.75 bits per heavy atom. The highest BCUT2D eigenvalue weighted by Crippen LogP contribution is 2.39. The molecule has 7 heteroatoms. The summed E-state index contributed by atoms with van der Waals surface area (Å²) in [4.78, 5) is 11.3. The summed E-state index contributed by atoms with van der Waals surface area (Å²) < 4.78 is 27.1. The number of aromatic nitrogens is 2. The zero-order chi connectivity index (χ0) is 22.2. The van der Waals surface area contributed by atoms with Crippen LogP contribution in [0.15, 0.2) is 48.8 Å². The predicted octanol–water partition coefficient (Wildman–Crippen LogP) is 5.71. The summed E-state index contributed by atoms with van der Waals surface area (Å²) in [6.07, 6.45) is 5.53. The summed E-state index contributed by atoms with van der Waals surface area (Å²) in [7, 11) is 0. The van der Waals surface area contributed by atoms with Gasteiger partial charge >= 0.3 is 0 Å². The van der Waals surface area contributed by atoms with E-state index in [-0.39, 0.29) is 11.6 Å². The van der Waals surface area contributed by atoms with Crippen molar-refractivity contribution in [1.29, 1.82) is 0 Å². The summed E-state index contributed by atoms with van der Waals surface area (Å²) in [5.74, 6) is 1.41. The summed E-state index contributed by atoms with van der Waals surface area (Å²) in [5, 5.41) is 3.93. The molecule has 0 amide bonds. The topological polar surface area (TPSA) is 41.0 Å². The second-order valence-corrected chi connectivity index (χ2v) is 9.44. The molecule has 5 rings (SSSR count). The van der Waals surface area contributed by atoms with Gasteiger partial charge in [0.25, 0.3) is 0 Å². The van der Waals surface area contributed by atoms with Gasteiger partial charge in [0.05, 0.1) is 0 Å². The van der Waals surface area contributed by atoms with Gasteiger partial charge in [0.2, 0.25) is 5.95 Å². The van der Waals surface area contributed by atoms with Crippen LogP contribution in [-0.4, -0.2) is 34.0 Å². The molecule has 166 valence electrons. The Morgan fingerprint density at radius 1 is 1.03 bits per heavy atom. The maximum Gasteiger partial charge on any atom is 0.222 e. The average molecular weight is 455 g/mol. The number of aryl methyl sites for hydroxylation is 1. The van der Waals surface area contributed by atoms with Crippen molar-refractivity contribution in [1.82, 2.24) is 14.9 Å². The van der Waals surface area contributed by atoms with E-state index in [2.05, 4.69) is 20.2 Å². The molecule has 1 aliphatic heterocycles. The Hall–Kier alpha value is -2.57. The number of nitrogens with one attached hydrogen (secondary N) is 1. The minimum atomic E-state index is -0.340. The first-order valence-corrected chi connectivity index (χ1v) is 11.3. The Balaban J connectivity index is 1.16. The third-order valence-corrected chi connectivity index (χ3v) is 7.01. The van der Waals surface area contributed by atoms with Crippen LogP contribution in [-0.2, 0) is 6.54 Å². The molecule has 2 aromatic carbocycles. The molecule has 32 heavy (non-hydrogen) atoms. The van der Waals surface area contributed by atoms with Gasteiger partial charge in [-0.2, -0.15) is 0 Å². The van der Waals surface area contributed by atoms with Crippen LogP contribution < -0.4 is 5.32 Å². The Kier molecular flexibility index (Phi) is 5.82. The van der Waals surface area contributed by atoms with E-state index in [0.717, 1.165) is 32.5 Å². The van der Waals surface area contributed by atoms with Gasteiger partial charge in [-0.15, -0.1) is 0 Å². The van der Waals surface area contributed by atoms with Crippen molar-refractivity contribution in [3.05, 3.63) is 76.6 Å². The number of hydrogen-bond acceptors (Lipinski definition) is 4. The number of fused-ring (bicyclic) bond motifs is 1. The SMILES string of the molecule is Cc1cc(CN2CC3CC(Nc4ncc(-c5cc(F)ccc5Cl)cn4)CC3C2)ccc1F. The highest BCUT2D eigenvalue weighted by atomic mass is 35.5. The molecule has 1 aliphatic carbocycles. The molecule has 1 aromatic heterocycles. The quantitative estimate of drug-likeness (QED) is 0.536. The van der Waals surface area contributed by atoms with Crippen LogP contribution in [0, 0.1) is 30.4 Å². The fourth-order valence-electron chi connectivity index (χ4n) is 5.15. The summed E-state index contributed by atoms with van der Waals surface area (Å²) in [5.41, 5.74) is 3.15. The molecule has 2 fully saturated rings. The van der Waals surface area contributed by atoms with Gasteiger partial charge in [-0.1, -0.05) is 23.7 Å². The smallest absolute Gasteiger partial charge is 0.222 e. The lowest BCUT2D eigenvalue weighted by molar-refractivity contribution is 0.301. The standard InChI is InChI=1S/C25H25ClF2N4/c1-15-6-16(2-5-24(15)28)12-32-13-17-7-21(8-18(17)14-32)31-25-29-10-19(11-30-25)22-9-20(27)3-4-23(22)26/h2-6,9-11,17-18,21H,7-8,12-14H2,1H3,(H,29,30,31). The number of nitrogens with zero attached hydrogens (tertiary/aromatic N) is 3. The van der Waals surface area contributed by atoms with Gasteiger partial charge in [-0.05, 0) is 67.0 Å². The maximum atomic E-state index is 13.5. The third-order valence-electron chi connectivity index (χ3n) is 6.68. The van der Waals surface area contributed by atoms with Crippen LogP contribution in [0.4, 0.5) is 14.7 Å². The second kappa shape index (κ2) is 8.75. The monoisotopic (exact) mass is 454 g/mol. The number of hydrogen-bond donors (Lipinski definition) is 1. The molecule has 1 N–H and O–H groups in total. The van der Waals surface area contributed by atoms with Crippen molar-refractivity contribution in [2.24, 2.45) is 11.8 Å². The van der Waals surface area contributed by atoms with Crippen LogP contribution in [0.2, 0.25) is 5.02 Å². The first-order valence-electron chi connectivity index (χ1n) is 11.0. The highest BCUT2D eigenvalue weighted by molar-refractivity contribution is 6.33. The van der Waals surface area contributed by atoms with Gasteiger partial charge in [0.15, 0.2) is 0 Å². The van der Waals surface area contributed by atoms with Crippen molar-refractivity contribution in [3.8, 4) is 11.1 Å². The second-order valence-electron chi connectivity index (χ2n) is 9.03. The number of rotatable bonds is 5. The van der Waals surface area contributed by atoms with Crippen LogP contribution in [0.25, 0.3) is 11.1 Å². The van der Waals surface area contributed by atoms with Gasteiger partial charge in [0, 0.05) is 54.2 Å². The van der Waals surface area contributed by atoms with Gasteiger partial charge in [-0.3, -0.25) is 4.90 Å². The number of likely N-dealkylation sites (tertiary alicyclic amines) is 1. The largest absolute Gasteiger partial charge is 0.351 e. The fourth-order valence-corrected chi connectivity index (χ4v) is 5.38. The molecule has 0 spiro atoms. The van der Waals surface area contributed by atoms with E-state index in [1.54, 1.807) is 18.5 Å². The van der Waals surface area contributed by atoms with Crippen molar-refractivity contribution in [2.75, 3.05) is 18.4 Å². The number of benzene rings is 2. The molecule has 4 nitrogen and oxygen atoms in total. The van der Waals surface area contributed by atoms with Crippen molar-refractivity contribution in [2.45, 2.75) is 32.4 Å². The zero-order valence-corrected chi connectivity index (χ0v) is 18.6. The summed E-state index contributed by atoms with van der Waals surface area (Å²) in [6.45, 7) is 4.82. The van der Waals surface area contributed by atoms with E-state index >= 15 is 0 Å². The van der Waals surface area contributed by atoms with E-state index in [4.69, 9.17) is 11.6 Å². The number of halogens is 3. The van der Waals surface area contributed by atoms with E-state index in [1.165, 1.54) is 23.8 Å². The summed E-state index contributed by atoms with van der Waals surface area (Å²) in [6, 6.07) is 10.0. The third kappa shape index (κ3) is 4.48. The van der Waals surface area contributed by atoms with Crippen molar-refractivity contribution < 1.29 is 8.78 Å². The van der Waals surface area contributed by atoms with E-state index in [1.807, 2.05) is 19.1 Å². The molecule has 1 saturated carbocycles. The van der Waals surface area contributed by atoms with Gasteiger partial charge in [-0.25, -0.2) is 18.7 Å². The average Bonchev–Trinajstić information content (AvgIpc) is 3.31. The highest BCUT2D eigenvalue weighted by Gasteiger charge is 2.40. The minimum Gasteiger partial charge on any atom is -0.351 e. The van der Waals surface area contributed by atoms with Crippen LogP contribution in [0.1, 0.15) is 24.0 Å². The number of anilines is 1. The lowest BCUT2D eigenvalue weighted by Crippen LogP contribution is -2.25. The molecule has 0 bridgehead atoms. The Labute approximate surface area is 191 Å². The zero-order valence-electron chi connectivity index (χ0n) is 17.9. The van der Waals surface area contributed by atoms with Crippen molar-refractivity contribution >= 4 is 17.5 Å². The normalized spacial score (nSPS) is 22.8. The molecule has 2 heterocycles. The lowest BCUT2D eigenvalue weighted by Gasteiger charge is -2.20. The van der Waals surface area contributed by atoms with Crippen LogP contribution >= 0.6 is 11.6 Å². The lowest BCUT2D eigenvalue weighted by atomic mass is 10.0. The van der Waals surface area contributed by atoms with E-state index < -0.39 is 0 Å². The maximum absolute atomic E-state index is 13.5. The first kappa shape index (κ1) is 21.3. The molecular weight excluding hydrogens is 430 g/mol. The van der Waals surface area contributed by atoms with Gasteiger partial charge in [0.1, 0.15) is 11.6 Å². The molecule has 3 aromatic rings. The van der Waals surface area contributed by atoms with Crippen LogP contribution in [0.3, 0.4) is 0 Å².